The van der Waals surface area contributed by atoms with Crippen LogP contribution >= 0.6 is 0 Å². The second-order valence-corrected chi connectivity index (χ2v) is 4.09. The number of para-hydroxylation sites is 1. The molecule has 0 radical (unpaired) electrons. The molecule has 1 atom stereocenters. The molecule has 1 aromatic carbocycles. The summed E-state index contributed by atoms with van der Waals surface area (Å²) in [4.78, 5) is 0. The average Bonchev–Trinajstić information content (AvgIpc) is 2.38. The fourth-order valence-electron chi connectivity index (χ4n) is 1.67. The van der Waals surface area contributed by atoms with E-state index in [0.717, 1.165) is 24.3 Å². The molecule has 0 heterocycles. The van der Waals surface area contributed by atoms with Gasteiger partial charge in [-0.05, 0) is 12.5 Å². The normalized spacial score (nSPS) is 11.7. The molecule has 1 rings (SSSR count). The summed E-state index contributed by atoms with van der Waals surface area (Å²) in [7, 11) is 0. The van der Waals surface area contributed by atoms with Gasteiger partial charge in [-0.15, -0.1) is 0 Å². The van der Waals surface area contributed by atoms with Crippen LogP contribution in [0.4, 0.5) is 0 Å². The number of benzene rings is 1. The van der Waals surface area contributed by atoms with E-state index in [9.17, 15) is 0 Å². The van der Waals surface area contributed by atoms with E-state index in [1.165, 1.54) is 19.3 Å². The molecule has 0 spiro atoms. The average molecular weight is 255 g/mol. The molecule has 1 unspecified atom stereocenters. The number of hydrazine groups is 1. The SMILES string of the molecule is CCCCCCOc1ccccc1C(N)NN.O. The van der Waals surface area contributed by atoms with Gasteiger partial charge in [0.25, 0.3) is 0 Å². The van der Waals surface area contributed by atoms with E-state index >= 15 is 0 Å². The molecule has 0 aliphatic carbocycles. The lowest BCUT2D eigenvalue weighted by atomic mass is 10.1. The Hall–Kier alpha value is -1.14. The Bertz CT molecular complexity index is 321. The Morgan fingerprint density at radius 2 is 1.94 bits per heavy atom. The lowest BCUT2D eigenvalue weighted by molar-refractivity contribution is 0.299. The van der Waals surface area contributed by atoms with Crippen molar-refractivity contribution in [2.75, 3.05) is 6.61 Å². The summed E-state index contributed by atoms with van der Waals surface area (Å²) in [5, 5.41) is 0. The van der Waals surface area contributed by atoms with Crippen molar-refractivity contribution in [2.24, 2.45) is 11.6 Å². The van der Waals surface area contributed by atoms with Gasteiger partial charge in [-0.1, -0.05) is 44.4 Å². The van der Waals surface area contributed by atoms with Crippen LogP contribution in [-0.2, 0) is 0 Å². The highest BCUT2D eigenvalue weighted by Crippen LogP contribution is 2.22. The zero-order chi connectivity index (χ0) is 12.5. The minimum atomic E-state index is -0.387. The first-order valence-electron chi connectivity index (χ1n) is 6.23. The summed E-state index contributed by atoms with van der Waals surface area (Å²) in [6, 6.07) is 7.71. The highest BCUT2D eigenvalue weighted by Gasteiger charge is 2.09. The quantitative estimate of drug-likeness (QED) is 0.281. The summed E-state index contributed by atoms with van der Waals surface area (Å²) >= 11 is 0. The molecule has 0 saturated carbocycles. The zero-order valence-electron chi connectivity index (χ0n) is 11.0. The third-order valence-electron chi connectivity index (χ3n) is 2.69. The molecule has 0 fully saturated rings. The molecule has 0 aliphatic rings. The molecule has 104 valence electrons. The highest BCUT2D eigenvalue weighted by atomic mass is 16.5. The molecule has 5 heteroatoms. The van der Waals surface area contributed by atoms with E-state index < -0.39 is 0 Å². The topological polar surface area (TPSA) is 105 Å². The van der Waals surface area contributed by atoms with Gasteiger partial charge in [0.15, 0.2) is 0 Å². The molecule has 18 heavy (non-hydrogen) atoms. The Morgan fingerprint density at radius 3 is 2.61 bits per heavy atom. The monoisotopic (exact) mass is 255 g/mol. The van der Waals surface area contributed by atoms with Crippen LogP contribution in [0.15, 0.2) is 24.3 Å². The predicted molar refractivity (Wildman–Crippen MR) is 73.9 cm³/mol. The summed E-state index contributed by atoms with van der Waals surface area (Å²) in [5.41, 5.74) is 9.25. The first kappa shape index (κ1) is 16.9. The number of hydrogen-bond acceptors (Lipinski definition) is 4. The molecular weight excluding hydrogens is 230 g/mol. The number of ether oxygens (including phenoxy) is 1. The lowest BCUT2D eigenvalue weighted by Gasteiger charge is -2.16. The van der Waals surface area contributed by atoms with E-state index in [0.29, 0.717) is 0 Å². The Labute approximate surface area is 109 Å². The maximum Gasteiger partial charge on any atom is 0.125 e. The fourth-order valence-corrected chi connectivity index (χ4v) is 1.67. The molecule has 0 amide bonds. The van der Waals surface area contributed by atoms with Gasteiger partial charge < -0.3 is 15.9 Å². The van der Waals surface area contributed by atoms with E-state index in [4.69, 9.17) is 16.3 Å². The van der Waals surface area contributed by atoms with Crippen LogP contribution in [0.1, 0.15) is 44.3 Å². The number of hydrogen-bond donors (Lipinski definition) is 3. The summed E-state index contributed by atoms with van der Waals surface area (Å²) < 4.78 is 5.73. The molecule has 1 aromatic rings. The number of nitrogens with one attached hydrogen (secondary N) is 1. The van der Waals surface area contributed by atoms with Gasteiger partial charge in [0, 0.05) is 5.56 Å². The van der Waals surface area contributed by atoms with Gasteiger partial charge in [-0.25, -0.2) is 5.43 Å². The number of rotatable bonds is 8. The largest absolute Gasteiger partial charge is 0.493 e. The Balaban J connectivity index is 0.00000289. The van der Waals surface area contributed by atoms with Gasteiger partial charge >= 0.3 is 0 Å². The van der Waals surface area contributed by atoms with E-state index in [1.807, 2.05) is 24.3 Å². The van der Waals surface area contributed by atoms with Crippen LogP contribution in [0.2, 0.25) is 0 Å². The smallest absolute Gasteiger partial charge is 0.125 e. The summed E-state index contributed by atoms with van der Waals surface area (Å²) in [5.74, 6) is 6.15. The van der Waals surface area contributed by atoms with Crippen LogP contribution < -0.4 is 21.7 Å². The van der Waals surface area contributed by atoms with Crippen molar-refractivity contribution in [3.8, 4) is 5.75 Å². The van der Waals surface area contributed by atoms with Gasteiger partial charge in [0.1, 0.15) is 5.75 Å². The van der Waals surface area contributed by atoms with Crippen molar-refractivity contribution in [1.82, 2.24) is 5.43 Å². The second-order valence-electron chi connectivity index (χ2n) is 4.09. The van der Waals surface area contributed by atoms with Crippen molar-refractivity contribution in [2.45, 2.75) is 38.8 Å². The van der Waals surface area contributed by atoms with E-state index in [-0.39, 0.29) is 11.6 Å². The van der Waals surface area contributed by atoms with Gasteiger partial charge in [0.2, 0.25) is 0 Å². The molecule has 0 saturated heterocycles. The molecule has 7 N–H and O–H groups in total. The number of nitrogens with two attached hydrogens (primary N) is 2. The molecular formula is C13H25N3O2. The standard InChI is InChI=1S/C13H23N3O.H2O/c1-2-3-4-7-10-17-12-9-6-5-8-11(12)13(14)16-15;/h5-6,8-9,13,16H,2-4,7,10,14-15H2,1H3;1H2. The second kappa shape index (κ2) is 9.85. The maximum absolute atomic E-state index is 5.83. The number of unbranched alkanes of at least 4 members (excludes halogenated alkanes) is 3. The molecule has 5 nitrogen and oxygen atoms in total. The highest BCUT2D eigenvalue weighted by molar-refractivity contribution is 5.35. The van der Waals surface area contributed by atoms with Crippen molar-refractivity contribution >= 4 is 0 Å². The van der Waals surface area contributed by atoms with Gasteiger partial charge in [-0.3, -0.25) is 5.84 Å². The fraction of sp³-hybridized carbons (Fsp3) is 0.538. The molecule has 0 bridgehead atoms. The van der Waals surface area contributed by atoms with Gasteiger partial charge in [0.05, 0.1) is 12.8 Å². The molecule has 0 aromatic heterocycles. The first-order valence-corrected chi connectivity index (χ1v) is 6.23. The third-order valence-corrected chi connectivity index (χ3v) is 2.69. The van der Waals surface area contributed by atoms with Crippen LogP contribution in [0.25, 0.3) is 0 Å². The van der Waals surface area contributed by atoms with Crippen molar-refractivity contribution in [1.29, 1.82) is 0 Å². The van der Waals surface area contributed by atoms with Crippen molar-refractivity contribution < 1.29 is 10.2 Å². The minimum Gasteiger partial charge on any atom is -0.493 e. The van der Waals surface area contributed by atoms with Crippen molar-refractivity contribution in [3.05, 3.63) is 29.8 Å². The molecule has 0 aliphatic heterocycles. The van der Waals surface area contributed by atoms with E-state index in [2.05, 4.69) is 12.3 Å². The zero-order valence-corrected chi connectivity index (χ0v) is 11.0. The predicted octanol–water partition coefficient (Wildman–Crippen LogP) is 1.24. The Kier molecular flexibility index (Phi) is 9.22. The summed E-state index contributed by atoms with van der Waals surface area (Å²) in [6.07, 6.45) is 4.39. The summed E-state index contributed by atoms with van der Waals surface area (Å²) in [6.45, 7) is 2.93. The lowest BCUT2D eigenvalue weighted by Crippen LogP contribution is -2.34. The van der Waals surface area contributed by atoms with Gasteiger partial charge in [-0.2, -0.15) is 0 Å². The minimum absolute atomic E-state index is 0. The van der Waals surface area contributed by atoms with Crippen molar-refractivity contribution in [3.63, 3.8) is 0 Å². The van der Waals surface area contributed by atoms with Crippen LogP contribution in [0.5, 0.6) is 5.75 Å². The third kappa shape index (κ3) is 5.46. The maximum atomic E-state index is 5.83. The van der Waals surface area contributed by atoms with Crippen LogP contribution in [0, 0.1) is 0 Å². The first-order chi connectivity index (χ1) is 8.29. The van der Waals surface area contributed by atoms with Crippen LogP contribution in [-0.4, -0.2) is 12.1 Å². The Morgan fingerprint density at radius 1 is 1.22 bits per heavy atom. The van der Waals surface area contributed by atoms with Crippen LogP contribution in [0.3, 0.4) is 0 Å². The van der Waals surface area contributed by atoms with E-state index in [1.54, 1.807) is 0 Å².